The number of nitro benzene ring substituents is 1. The van der Waals surface area contributed by atoms with Crippen molar-refractivity contribution in [3.63, 3.8) is 0 Å². The molecule has 1 aromatic heterocycles. The van der Waals surface area contributed by atoms with Crippen LogP contribution in [-0.2, 0) is 0 Å². The van der Waals surface area contributed by atoms with Crippen LogP contribution >= 0.6 is 15.9 Å². The van der Waals surface area contributed by atoms with Crippen LogP contribution in [0.3, 0.4) is 0 Å². The molecule has 7 heteroatoms. The summed E-state index contributed by atoms with van der Waals surface area (Å²) in [5, 5.41) is 14.3. The minimum absolute atomic E-state index is 0.00657. The summed E-state index contributed by atoms with van der Waals surface area (Å²) >= 11 is 3.23. The number of nitrogens with two attached hydrogens (primary N) is 1. The van der Waals surface area contributed by atoms with Gasteiger partial charge in [0.25, 0.3) is 5.69 Å². The number of benzene rings is 1. The Morgan fingerprint density at radius 1 is 1.44 bits per heavy atom. The van der Waals surface area contributed by atoms with Gasteiger partial charge in [0, 0.05) is 28.2 Å². The van der Waals surface area contributed by atoms with Crippen molar-refractivity contribution in [2.45, 2.75) is 0 Å². The molecular weight excluding hydrogens is 278 g/mol. The zero-order valence-corrected chi connectivity index (χ0v) is 9.47. The van der Waals surface area contributed by atoms with Gasteiger partial charge in [-0.2, -0.15) is 0 Å². The fourth-order valence-corrected chi connectivity index (χ4v) is 1.81. The summed E-state index contributed by atoms with van der Waals surface area (Å²) < 4.78 is 5.29. The summed E-state index contributed by atoms with van der Waals surface area (Å²) in [5.41, 5.74) is 6.61. The number of hydrogen-bond acceptors (Lipinski definition) is 5. The molecule has 0 aliphatic rings. The SMILES string of the molecule is Nc1cc(-c2ccc([N+](=O)[O-])cc2Br)no1. The van der Waals surface area contributed by atoms with E-state index in [9.17, 15) is 10.1 Å². The first-order valence-electron chi connectivity index (χ1n) is 4.24. The molecule has 0 saturated heterocycles. The number of rotatable bonds is 2. The molecule has 0 aliphatic carbocycles. The van der Waals surface area contributed by atoms with Crippen molar-refractivity contribution in [1.82, 2.24) is 5.16 Å². The number of nitrogens with zero attached hydrogens (tertiary/aromatic N) is 2. The second kappa shape index (κ2) is 3.93. The second-order valence-electron chi connectivity index (χ2n) is 3.04. The Balaban J connectivity index is 2.47. The van der Waals surface area contributed by atoms with Gasteiger partial charge in [0.1, 0.15) is 5.69 Å². The zero-order chi connectivity index (χ0) is 11.7. The van der Waals surface area contributed by atoms with Gasteiger partial charge < -0.3 is 10.3 Å². The summed E-state index contributed by atoms with van der Waals surface area (Å²) in [5.74, 6) is 0.195. The van der Waals surface area contributed by atoms with Gasteiger partial charge >= 0.3 is 0 Å². The second-order valence-corrected chi connectivity index (χ2v) is 3.89. The molecule has 0 spiro atoms. The van der Waals surface area contributed by atoms with Crippen molar-refractivity contribution in [2.75, 3.05) is 5.73 Å². The average molecular weight is 284 g/mol. The van der Waals surface area contributed by atoms with Gasteiger partial charge in [0.15, 0.2) is 0 Å². The topological polar surface area (TPSA) is 95.2 Å². The van der Waals surface area contributed by atoms with Crippen LogP contribution in [-0.4, -0.2) is 10.1 Å². The maximum absolute atomic E-state index is 10.5. The van der Waals surface area contributed by atoms with Crippen molar-refractivity contribution in [1.29, 1.82) is 0 Å². The molecule has 0 aliphatic heterocycles. The molecule has 82 valence electrons. The lowest BCUT2D eigenvalue weighted by Gasteiger charge is -1.99. The Bertz CT molecular complexity index is 553. The van der Waals surface area contributed by atoms with Crippen LogP contribution in [0.25, 0.3) is 11.3 Å². The van der Waals surface area contributed by atoms with E-state index in [0.29, 0.717) is 15.7 Å². The molecule has 0 fully saturated rings. The molecule has 1 heterocycles. The number of nitrogen functional groups attached to an aromatic ring is 1. The Morgan fingerprint density at radius 2 is 2.19 bits per heavy atom. The highest BCUT2D eigenvalue weighted by Gasteiger charge is 2.12. The first-order valence-corrected chi connectivity index (χ1v) is 5.04. The van der Waals surface area contributed by atoms with Crippen molar-refractivity contribution in [3.05, 3.63) is 38.9 Å². The number of aromatic nitrogens is 1. The van der Waals surface area contributed by atoms with Crippen LogP contribution in [0.2, 0.25) is 0 Å². The van der Waals surface area contributed by atoms with E-state index in [2.05, 4.69) is 21.1 Å². The molecule has 2 rings (SSSR count). The van der Waals surface area contributed by atoms with Crippen molar-refractivity contribution < 1.29 is 9.45 Å². The number of non-ortho nitro benzene ring substituents is 1. The lowest BCUT2D eigenvalue weighted by Crippen LogP contribution is -1.88. The van der Waals surface area contributed by atoms with E-state index < -0.39 is 4.92 Å². The zero-order valence-electron chi connectivity index (χ0n) is 7.88. The molecule has 0 atom stereocenters. The number of hydrogen-bond donors (Lipinski definition) is 1. The van der Waals surface area contributed by atoms with Crippen LogP contribution < -0.4 is 5.73 Å². The van der Waals surface area contributed by atoms with Crippen molar-refractivity contribution >= 4 is 27.5 Å². The smallest absolute Gasteiger partial charge is 0.270 e. The minimum Gasteiger partial charge on any atom is -0.368 e. The van der Waals surface area contributed by atoms with Crippen LogP contribution in [0.5, 0.6) is 0 Å². The van der Waals surface area contributed by atoms with Crippen LogP contribution in [0.15, 0.2) is 33.3 Å². The molecule has 0 bridgehead atoms. The predicted octanol–water partition coefficient (Wildman–Crippen LogP) is 2.59. The Kier molecular flexibility index (Phi) is 2.61. The third-order valence-electron chi connectivity index (χ3n) is 1.97. The molecule has 0 amide bonds. The molecule has 2 N–H and O–H groups in total. The highest BCUT2D eigenvalue weighted by molar-refractivity contribution is 9.10. The fraction of sp³-hybridized carbons (Fsp3) is 0. The monoisotopic (exact) mass is 283 g/mol. The van der Waals surface area contributed by atoms with Crippen LogP contribution in [0.1, 0.15) is 0 Å². The maximum Gasteiger partial charge on any atom is 0.270 e. The van der Waals surface area contributed by atoms with Gasteiger partial charge in [-0.25, -0.2) is 0 Å². The standard InChI is InChI=1S/C9H6BrN3O3/c10-7-3-5(13(14)15)1-2-6(7)8-4-9(11)16-12-8/h1-4H,11H2. The van der Waals surface area contributed by atoms with Crippen LogP contribution in [0, 0.1) is 10.1 Å². The van der Waals surface area contributed by atoms with E-state index in [4.69, 9.17) is 10.3 Å². The van der Waals surface area contributed by atoms with Gasteiger partial charge in [-0.05, 0) is 22.0 Å². The summed E-state index contributed by atoms with van der Waals surface area (Å²) in [6.45, 7) is 0. The van der Waals surface area contributed by atoms with Gasteiger partial charge in [-0.3, -0.25) is 10.1 Å². The van der Waals surface area contributed by atoms with Crippen LogP contribution in [0.4, 0.5) is 11.6 Å². The molecule has 1 aromatic carbocycles. The van der Waals surface area contributed by atoms with E-state index in [1.165, 1.54) is 12.1 Å². The normalized spacial score (nSPS) is 10.3. The Labute approximate surface area is 98.3 Å². The first kappa shape index (κ1) is 10.6. The average Bonchev–Trinajstić information content (AvgIpc) is 2.64. The number of nitro groups is 1. The van der Waals surface area contributed by atoms with E-state index in [0.717, 1.165) is 0 Å². The Morgan fingerprint density at radius 3 is 2.69 bits per heavy atom. The Hall–Kier alpha value is -1.89. The van der Waals surface area contributed by atoms with E-state index in [1.807, 2.05) is 0 Å². The highest BCUT2D eigenvalue weighted by atomic mass is 79.9. The molecule has 0 radical (unpaired) electrons. The third kappa shape index (κ3) is 1.89. The van der Waals surface area contributed by atoms with Gasteiger partial charge in [-0.1, -0.05) is 5.16 Å². The molecule has 0 unspecified atom stereocenters. The fourth-order valence-electron chi connectivity index (χ4n) is 1.24. The molecule has 6 nitrogen and oxygen atoms in total. The molecule has 0 saturated carbocycles. The molecular formula is C9H6BrN3O3. The van der Waals surface area contributed by atoms with Crippen molar-refractivity contribution in [2.24, 2.45) is 0 Å². The number of halogens is 1. The van der Waals surface area contributed by atoms with E-state index in [1.54, 1.807) is 12.1 Å². The lowest BCUT2D eigenvalue weighted by atomic mass is 10.1. The largest absolute Gasteiger partial charge is 0.368 e. The van der Waals surface area contributed by atoms with Gasteiger partial charge in [0.05, 0.1) is 4.92 Å². The highest BCUT2D eigenvalue weighted by Crippen LogP contribution is 2.31. The summed E-state index contributed by atoms with van der Waals surface area (Å²) in [7, 11) is 0. The quantitative estimate of drug-likeness (QED) is 0.675. The van der Waals surface area contributed by atoms with E-state index in [-0.39, 0.29) is 11.6 Å². The first-order chi connectivity index (χ1) is 7.58. The number of anilines is 1. The van der Waals surface area contributed by atoms with Crippen molar-refractivity contribution in [3.8, 4) is 11.3 Å². The van der Waals surface area contributed by atoms with Gasteiger partial charge in [0.2, 0.25) is 5.88 Å². The lowest BCUT2D eigenvalue weighted by molar-refractivity contribution is -0.384. The predicted molar refractivity (Wildman–Crippen MR) is 60.7 cm³/mol. The summed E-state index contributed by atoms with van der Waals surface area (Å²) in [6.07, 6.45) is 0. The minimum atomic E-state index is -0.467. The van der Waals surface area contributed by atoms with E-state index >= 15 is 0 Å². The van der Waals surface area contributed by atoms with Gasteiger partial charge in [-0.15, -0.1) is 0 Å². The molecule has 16 heavy (non-hydrogen) atoms. The maximum atomic E-state index is 10.5. The summed E-state index contributed by atoms with van der Waals surface area (Å²) in [6, 6.07) is 5.93. The third-order valence-corrected chi connectivity index (χ3v) is 2.62. The molecule has 2 aromatic rings. The summed E-state index contributed by atoms with van der Waals surface area (Å²) in [4.78, 5) is 10.1.